The van der Waals surface area contributed by atoms with Gasteiger partial charge in [0.15, 0.2) is 11.5 Å². The predicted octanol–water partition coefficient (Wildman–Crippen LogP) is -3.84. The van der Waals surface area contributed by atoms with Crippen molar-refractivity contribution in [1.29, 1.82) is 0 Å². The second-order valence-electron chi connectivity index (χ2n) is 7.00. The minimum atomic E-state index is -4.84. The molecule has 0 saturated heterocycles. The Bertz CT molecular complexity index is 1220. The molecule has 169 valence electrons. The average molecular weight is 620 g/mol. The van der Waals surface area contributed by atoms with E-state index in [4.69, 9.17) is 5.73 Å². The molecule has 2 N–H and O–H groups in total. The second-order valence-corrected chi connectivity index (χ2v) is 9.92. The summed E-state index contributed by atoms with van der Waals surface area (Å²) >= 11 is 1.45. The van der Waals surface area contributed by atoms with Crippen molar-refractivity contribution in [2.75, 3.05) is 5.73 Å². The molecule has 19 heteroatoms. The Morgan fingerprint density at radius 2 is 1.88 bits per heavy atom. The first-order valence-electron chi connectivity index (χ1n) is 8.32. The Morgan fingerprint density at radius 1 is 1.21 bits per heavy atom. The summed E-state index contributed by atoms with van der Waals surface area (Å²) in [5.74, 6) is 0.0376. The minimum Gasteiger partial charge on any atom is -0.744 e. The number of hydrogen-bond donors (Lipinski definition) is 1. The van der Waals surface area contributed by atoms with Crippen molar-refractivity contribution in [3.63, 3.8) is 0 Å². The van der Waals surface area contributed by atoms with Crippen molar-refractivity contribution in [2.45, 2.75) is 36.0 Å². The third-order valence-electron chi connectivity index (χ3n) is 3.75. The zero-order valence-corrected chi connectivity index (χ0v) is 28.1. The van der Waals surface area contributed by atoms with E-state index >= 15 is 0 Å². The molecule has 3 rings (SSSR count). The van der Waals surface area contributed by atoms with Crippen LogP contribution < -0.4 is 70.1 Å². The number of aromatic nitrogens is 4. The molecular formula is C15H15N7Na2O6S3Y. The molecule has 0 unspecified atom stereocenters. The van der Waals surface area contributed by atoms with Crippen molar-refractivity contribution in [1.82, 2.24) is 19.1 Å². The van der Waals surface area contributed by atoms with Crippen LogP contribution in [0.2, 0.25) is 0 Å². The van der Waals surface area contributed by atoms with Gasteiger partial charge < -0.3 is 15.5 Å². The van der Waals surface area contributed by atoms with Gasteiger partial charge >= 0.3 is 59.1 Å². The molecule has 0 aliphatic heterocycles. The maximum absolute atomic E-state index is 11.6. The summed E-state index contributed by atoms with van der Waals surface area (Å²) in [6.45, 7) is 5.63. The van der Waals surface area contributed by atoms with Gasteiger partial charge in [-0.05, 0) is 18.2 Å². The van der Waals surface area contributed by atoms with E-state index in [0.29, 0.717) is 22.9 Å². The van der Waals surface area contributed by atoms with E-state index < -0.39 is 20.4 Å². The Morgan fingerprint density at radius 3 is 2.41 bits per heavy atom. The Hall–Kier alpha value is 0.634. The number of azo groups is 1. The monoisotopic (exact) mass is 620 g/mol. The maximum Gasteiger partial charge on any atom is 1.00 e. The molecule has 0 aliphatic rings. The molecule has 1 aromatic carbocycles. The molecule has 0 saturated carbocycles. The van der Waals surface area contributed by atoms with Gasteiger partial charge in [0.05, 0.1) is 28.3 Å². The van der Waals surface area contributed by atoms with Crippen LogP contribution in [0.4, 0.5) is 16.6 Å². The maximum atomic E-state index is 11.6. The van der Waals surface area contributed by atoms with E-state index in [1.807, 2.05) is 20.8 Å². The summed E-state index contributed by atoms with van der Waals surface area (Å²) in [6.07, 6.45) is 1.33. The van der Waals surface area contributed by atoms with Crippen LogP contribution in [-0.2, 0) is 57.6 Å². The summed E-state index contributed by atoms with van der Waals surface area (Å²) in [7, 11) is -4.84. The molecule has 0 fully saturated rings. The van der Waals surface area contributed by atoms with Crippen LogP contribution >= 0.6 is 23.6 Å². The number of anilines is 1. The van der Waals surface area contributed by atoms with Crippen LogP contribution in [0, 0.1) is 0 Å². The quantitative estimate of drug-likeness (QED) is 0.0679. The van der Waals surface area contributed by atoms with Gasteiger partial charge in [0.25, 0.3) is 0 Å². The standard InChI is InChI=1S/C15H17N7O6S3.2Na.Y/c1-15(2,3)12-11(19-20-14-17-7-18-29-14)13(16)22(21-12)8-4-9(30-28-27-23)6-10(5-8)31(24,25)26;;;/h4-7,23H,16H2,1-3H3,(H,24,25,26);;;/q;2*+1;/p-2. The molecule has 3 aromatic rings. The average Bonchev–Trinajstić information content (AvgIpc) is 3.31. The van der Waals surface area contributed by atoms with Gasteiger partial charge in [-0.1, -0.05) is 20.8 Å². The van der Waals surface area contributed by atoms with Crippen LogP contribution in [0.1, 0.15) is 26.5 Å². The van der Waals surface area contributed by atoms with E-state index in [2.05, 4.69) is 34.1 Å². The summed E-state index contributed by atoms with van der Waals surface area (Å²) in [5, 5.41) is 26.3. The van der Waals surface area contributed by atoms with Crippen molar-refractivity contribution in [3.8, 4) is 5.69 Å². The van der Waals surface area contributed by atoms with Crippen LogP contribution in [0.25, 0.3) is 5.69 Å². The van der Waals surface area contributed by atoms with Gasteiger partial charge in [0, 0.05) is 54.6 Å². The first-order valence-corrected chi connectivity index (χ1v) is 11.2. The van der Waals surface area contributed by atoms with Gasteiger partial charge in [-0.3, -0.25) is 5.04 Å². The minimum absolute atomic E-state index is 0. The molecule has 0 bridgehead atoms. The number of hydrogen-bond acceptors (Lipinski definition) is 14. The molecule has 0 aliphatic carbocycles. The summed E-state index contributed by atoms with van der Waals surface area (Å²) in [6, 6.07) is 3.52. The summed E-state index contributed by atoms with van der Waals surface area (Å²) < 4.78 is 44.0. The normalized spacial score (nSPS) is 11.6. The van der Waals surface area contributed by atoms with Crippen LogP contribution in [0.15, 0.2) is 44.5 Å². The zero-order valence-electron chi connectivity index (χ0n) is 18.8. The molecule has 0 amide bonds. The van der Waals surface area contributed by atoms with E-state index in [1.165, 1.54) is 17.1 Å². The second kappa shape index (κ2) is 14.5. The topological polar surface area (TPSA) is 193 Å². The molecule has 0 atom stereocenters. The third-order valence-corrected chi connectivity index (χ3v) is 5.66. The molecule has 13 nitrogen and oxygen atoms in total. The number of nitrogens with two attached hydrogens (primary N) is 1. The third kappa shape index (κ3) is 8.88. The molecular weight excluding hydrogens is 605 g/mol. The van der Waals surface area contributed by atoms with Gasteiger partial charge in [-0.15, -0.1) is 10.2 Å². The van der Waals surface area contributed by atoms with Gasteiger partial charge in [-0.25, -0.2) is 18.1 Å². The summed E-state index contributed by atoms with van der Waals surface area (Å²) in [5.41, 5.74) is 6.56. The van der Waals surface area contributed by atoms with Crippen molar-refractivity contribution >= 4 is 50.3 Å². The molecule has 1 radical (unpaired) electrons. The van der Waals surface area contributed by atoms with Gasteiger partial charge in [0.2, 0.25) is 5.13 Å². The molecule has 34 heavy (non-hydrogen) atoms. The molecule has 2 heterocycles. The fourth-order valence-corrected chi connectivity index (χ4v) is 3.87. The van der Waals surface area contributed by atoms with E-state index in [9.17, 15) is 18.2 Å². The first-order chi connectivity index (χ1) is 14.5. The Labute approximate surface area is 273 Å². The fourth-order valence-electron chi connectivity index (χ4n) is 2.45. The van der Waals surface area contributed by atoms with Crippen molar-refractivity contribution < 1.29 is 119 Å². The molecule has 2 aromatic heterocycles. The largest absolute Gasteiger partial charge is 1.00 e. The van der Waals surface area contributed by atoms with Crippen molar-refractivity contribution in [3.05, 3.63) is 30.2 Å². The predicted molar refractivity (Wildman–Crippen MR) is 107 cm³/mol. The number of benzene rings is 1. The number of nitrogens with zero attached hydrogens (tertiary/aromatic N) is 6. The first kappa shape index (κ1) is 34.6. The van der Waals surface area contributed by atoms with Crippen LogP contribution in [0.5, 0.6) is 0 Å². The Balaban J connectivity index is 0.00000363. The SMILES string of the molecule is CC(C)(C)c1nn(-c2cc(SOO[O-])cc(S(=O)(=O)[O-])c2)c(N)c1N=Nc1ncns1.[Na+].[Na+].[Y]. The Kier molecular flexibility index (Phi) is 14.8. The van der Waals surface area contributed by atoms with Gasteiger partial charge in [0.1, 0.15) is 16.4 Å². The fraction of sp³-hybridized carbons (Fsp3) is 0.267. The number of nitrogen functional groups attached to an aromatic ring is 1. The smallest absolute Gasteiger partial charge is 0.744 e. The zero-order chi connectivity index (χ0) is 22.8. The molecule has 0 spiro atoms. The van der Waals surface area contributed by atoms with Crippen LogP contribution in [-0.4, -0.2) is 32.1 Å². The van der Waals surface area contributed by atoms with Crippen LogP contribution in [0.3, 0.4) is 0 Å². The summed E-state index contributed by atoms with van der Waals surface area (Å²) in [4.78, 5) is 3.43. The van der Waals surface area contributed by atoms with E-state index in [0.717, 1.165) is 23.7 Å². The number of rotatable bonds is 7. The van der Waals surface area contributed by atoms with E-state index in [-0.39, 0.29) is 114 Å². The van der Waals surface area contributed by atoms with E-state index in [1.54, 1.807) is 0 Å². The van der Waals surface area contributed by atoms with Crippen molar-refractivity contribution in [2.24, 2.45) is 10.2 Å². The van der Waals surface area contributed by atoms with Gasteiger partial charge in [-0.2, -0.15) is 13.8 Å².